The van der Waals surface area contributed by atoms with Gasteiger partial charge in [0.05, 0.1) is 12.1 Å². The Balaban J connectivity index is 1.69. The van der Waals surface area contributed by atoms with Crippen molar-refractivity contribution >= 4 is 11.8 Å². The zero-order valence-electron chi connectivity index (χ0n) is 12.9. The number of benzene rings is 2. The minimum Gasteiger partial charge on any atom is -0.380 e. The van der Waals surface area contributed by atoms with Crippen molar-refractivity contribution in [3.05, 3.63) is 89.7 Å². The zero-order valence-corrected chi connectivity index (χ0v) is 12.9. The van der Waals surface area contributed by atoms with Crippen LogP contribution in [0.1, 0.15) is 21.5 Å². The number of nitrogens with two attached hydrogens (primary N) is 1. The van der Waals surface area contributed by atoms with Crippen molar-refractivity contribution in [2.45, 2.75) is 6.54 Å². The van der Waals surface area contributed by atoms with Crippen LogP contribution in [0.5, 0.6) is 0 Å². The van der Waals surface area contributed by atoms with Gasteiger partial charge in [0.1, 0.15) is 0 Å². The highest BCUT2D eigenvalue weighted by atomic mass is 16.7. The van der Waals surface area contributed by atoms with Gasteiger partial charge in [-0.3, -0.25) is 4.68 Å². The average Bonchev–Trinajstić information content (AvgIpc) is 3.13. The molecule has 2 aromatic carbocycles. The van der Waals surface area contributed by atoms with Crippen molar-refractivity contribution in [3.8, 4) is 0 Å². The SMILES string of the molecule is N/C(=N\OC(=O)c1cccc(Cn2cccn2)c1)c1ccccc1. The number of amidine groups is 1. The predicted octanol–water partition coefficient (Wildman–Crippen LogP) is 2.41. The molecular weight excluding hydrogens is 304 g/mol. The van der Waals surface area contributed by atoms with Crippen LogP contribution in [-0.2, 0) is 11.4 Å². The summed E-state index contributed by atoms with van der Waals surface area (Å²) in [5.74, 6) is -0.409. The van der Waals surface area contributed by atoms with Gasteiger partial charge in [-0.05, 0) is 23.8 Å². The first-order chi connectivity index (χ1) is 11.7. The molecule has 24 heavy (non-hydrogen) atoms. The van der Waals surface area contributed by atoms with E-state index in [0.29, 0.717) is 17.7 Å². The van der Waals surface area contributed by atoms with Gasteiger partial charge in [-0.2, -0.15) is 5.10 Å². The van der Waals surface area contributed by atoms with Crippen LogP contribution in [0.2, 0.25) is 0 Å². The third-order valence-electron chi connectivity index (χ3n) is 3.36. The molecule has 0 atom stereocenters. The van der Waals surface area contributed by atoms with Crippen LogP contribution in [0.3, 0.4) is 0 Å². The largest absolute Gasteiger partial charge is 0.380 e. The van der Waals surface area contributed by atoms with Crippen LogP contribution in [-0.4, -0.2) is 21.6 Å². The lowest BCUT2D eigenvalue weighted by atomic mass is 10.1. The highest BCUT2D eigenvalue weighted by molar-refractivity contribution is 5.98. The smallest absolute Gasteiger partial charge is 0.365 e. The molecule has 0 saturated heterocycles. The highest BCUT2D eigenvalue weighted by Crippen LogP contribution is 2.09. The molecule has 1 heterocycles. The molecule has 0 aliphatic carbocycles. The summed E-state index contributed by atoms with van der Waals surface area (Å²) in [6.07, 6.45) is 3.56. The first kappa shape index (κ1) is 15.5. The van der Waals surface area contributed by atoms with Gasteiger partial charge in [-0.15, -0.1) is 0 Å². The molecule has 0 fully saturated rings. The number of hydrogen-bond donors (Lipinski definition) is 1. The zero-order chi connectivity index (χ0) is 16.8. The molecule has 3 aromatic rings. The van der Waals surface area contributed by atoms with Gasteiger partial charge in [-0.1, -0.05) is 47.6 Å². The molecule has 3 rings (SSSR count). The Morgan fingerprint density at radius 3 is 2.62 bits per heavy atom. The third kappa shape index (κ3) is 3.86. The highest BCUT2D eigenvalue weighted by Gasteiger charge is 2.09. The van der Waals surface area contributed by atoms with Gasteiger partial charge >= 0.3 is 5.97 Å². The standard InChI is InChI=1S/C18H16N4O2/c19-17(15-7-2-1-3-8-15)21-24-18(23)16-9-4-6-14(12-16)13-22-11-5-10-20-22/h1-12H,13H2,(H2,19,21). The Hall–Kier alpha value is -3.41. The summed E-state index contributed by atoms with van der Waals surface area (Å²) in [6, 6.07) is 18.1. The molecule has 0 saturated carbocycles. The fourth-order valence-corrected chi connectivity index (χ4v) is 2.18. The average molecular weight is 320 g/mol. The third-order valence-corrected chi connectivity index (χ3v) is 3.36. The first-order valence-electron chi connectivity index (χ1n) is 7.39. The van der Waals surface area contributed by atoms with Crippen molar-refractivity contribution in [2.75, 3.05) is 0 Å². The fourth-order valence-electron chi connectivity index (χ4n) is 2.18. The van der Waals surface area contributed by atoms with Crippen LogP contribution in [0.25, 0.3) is 0 Å². The Kier molecular flexibility index (Phi) is 4.67. The molecule has 6 nitrogen and oxygen atoms in total. The van der Waals surface area contributed by atoms with Crippen molar-refractivity contribution in [1.29, 1.82) is 0 Å². The molecule has 0 amide bonds. The monoisotopic (exact) mass is 320 g/mol. The van der Waals surface area contributed by atoms with Gasteiger partial charge in [0.2, 0.25) is 0 Å². The van der Waals surface area contributed by atoms with Crippen LogP contribution >= 0.6 is 0 Å². The number of nitrogens with zero attached hydrogens (tertiary/aromatic N) is 3. The van der Waals surface area contributed by atoms with Gasteiger partial charge in [0, 0.05) is 18.0 Å². The number of aromatic nitrogens is 2. The second-order valence-electron chi connectivity index (χ2n) is 5.13. The molecule has 1 aromatic heterocycles. The molecule has 0 aliphatic rings. The van der Waals surface area contributed by atoms with Gasteiger partial charge in [0.15, 0.2) is 5.84 Å². The number of hydrogen-bond acceptors (Lipinski definition) is 4. The molecule has 0 aliphatic heterocycles. The van der Waals surface area contributed by atoms with Crippen LogP contribution in [0.4, 0.5) is 0 Å². The maximum atomic E-state index is 12.1. The van der Waals surface area contributed by atoms with E-state index in [0.717, 1.165) is 5.56 Å². The lowest BCUT2D eigenvalue weighted by molar-refractivity contribution is 0.0516. The molecule has 2 N–H and O–H groups in total. The van der Waals surface area contributed by atoms with E-state index in [1.54, 1.807) is 41.2 Å². The van der Waals surface area contributed by atoms with Gasteiger partial charge in [-0.25, -0.2) is 4.79 Å². The van der Waals surface area contributed by atoms with E-state index < -0.39 is 5.97 Å². The minimum atomic E-state index is -0.559. The first-order valence-corrected chi connectivity index (χ1v) is 7.39. The molecular formula is C18H16N4O2. The summed E-state index contributed by atoms with van der Waals surface area (Å²) >= 11 is 0. The molecule has 0 bridgehead atoms. The van der Waals surface area contributed by atoms with E-state index >= 15 is 0 Å². The van der Waals surface area contributed by atoms with Crippen molar-refractivity contribution in [2.24, 2.45) is 10.9 Å². The number of carbonyl (C=O) groups excluding carboxylic acids is 1. The second-order valence-corrected chi connectivity index (χ2v) is 5.13. The second kappa shape index (κ2) is 7.23. The Labute approximate surface area is 139 Å². The normalized spacial score (nSPS) is 11.2. The molecule has 6 heteroatoms. The topological polar surface area (TPSA) is 82.5 Å². The lowest BCUT2D eigenvalue weighted by Gasteiger charge is -2.05. The Morgan fingerprint density at radius 2 is 1.88 bits per heavy atom. The Bertz CT molecular complexity index is 842. The van der Waals surface area contributed by atoms with E-state index in [2.05, 4.69) is 10.3 Å². The van der Waals surface area contributed by atoms with Crippen molar-refractivity contribution in [3.63, 3.8) is 0 Å². The summed E-state index contributed by atoms with van der Waals surface area (Å²) in [5.41, 5.74) is 7.84. The van der Waals surface area contributed by atoms with E-state index in [9.17, 15) is 4.79 Å². The van der Waals surface area contributed by atoms with Crippen molar-refractivity contribution < 1.29 is 9.63 Å². The summed E-state index contributed by atoms with van der Waals surface area (Å²) in [4.78, 5) is 17.1. The van der Waals surface area contributed by atoms with E-state index in [-0.39, 0.29) is 5.84 Å². The Morgan fingerprint density at radius 1 is 1.08 bits per heavy atom. The van der Waals surface area contributed by atoms with E-state index in [4.69, 9.17) is 10.6 Å². The molecule has 120 valence electrons. The number of oxime groups is 1. The quantitative estimate of drug-likeness (QED) is 0.339. The van der Waals surface area contributed by atoms with Crippen LogP contribution < -0.4 is 5.73 Å². The predicted molar refractivity (Wildman–Crippen MR) is 90.4 cm³/mol. The lowest BCUT2D eigenvalue weighted by Crippen LogP contribution is -2.15. The molecule has 0 radical (unpaired) electrons. The summed E-state index contributed by atoms with van der Waals surface area (Å²) < 4.78 is 1.77. The number of carbonyl (C=O) groups is 1. The number of rotatable bonds is 5. The van der Waals surface area contributed by atoms with E-state index in [1.807, 2.05) is 36.5 Å². The molecule has 0 unspecified atom stereocenters. The fraction of sp³-hybridized carbons (Fsp3) is 0.0556. The summed E-state index contributed by atoms with van der Waals surface area (Å²) in [5, 5.41) is 7.84. The minimum absolute atomic E-state index is 0.150. The summed E-state index contributed by atoms with van der Waals surface area (Å²) in [7, 11) is 0. The maximum absolute atomic E-state index is 12.1. The molecule has 0 spiro atoms. The van der Waals surface area contributed by atoms with Crippen molar-refractivity contribution in [1.82, 2.24) is 9.78 Å². The van der Waals surface area contributed by atoms with E-state index in [1.165, 1.54) is 0 Å². The van der Waals surface area contributed by atoms with Gasteiger partial charge in [0.25, 0.3) is 0 Å². The summed E-state index contributed by atoms with van der Waals surface area (Å²) in [6.45, 7) is 0.573. The van der Waals surface area contributed by atoms with Gasteiger partial charge < -0.3 is 10.6 Å². The van der Waals surface area contributed by atoms with Crippen LogP contribution in [0, 0.1) is 0 Å². The maximum Gasteiger partial charge on any atom is 0.365 e. The van der Waals surface area contributed by atoms with Crippen LogP contribution in [0.15, 0.2) is 78.2 Å².